The van der Waals surface area contributed by atoms with Crippen LogP contribution in [0.25, 0.3) is 10.9 Å². The first kappa shape index (κ1) is 27.2. The summed E-state index contributed by atoms with van der Waals surface area (Å²) >= 11 is 0. The fourth-order valence-corrected chi connectivity index (χ4v) is 4.78. The number of aromatic nitrogens is 1. The summed E-state index contributed by atoms with van der Waals surface area (Å²) in [6, 6.07) is 31.6. The number of fused-ring (bicyclic) bond motifs is 1. The Morgan fingerprint density at radius 3 is 2.37 bits per heavy atom. The minimum absolute atomic E-state index is 0.0297. The molecule has 0 aliphatic carbocycles. The summed E-state index contributed by atoms with van der Waals surface area (Å²) in [4.78, 5) is 19.4. The van der Waals surface area contributed by atoms with E-state index in [4.69, 9.17) is 26.4 Å². The number of nitrogens with zero attached hydrogens (tertiary/aromatic N) is 2. The number of ether oxygens (including phenoxy) is 2. The largest absolute Gasteiger partial charge is 0.493 e. The van der Waals surface area contributed by atoms with Crippen molar-refractivity contribution in [3.8, 4) is 11.5 Å². The van der Waals surface area contributed by atoms with Gasteiger partial charge in [-0.1, -0.05) is 54.6 Å². The van der Waals surface area contributed by atoms with Crippen molar-refractivity contribution >= 4 is 28.3 Å². The minimum Gasteiger partial charge on any atom is -0.493 e. The van der Waals surface area contributed by atoms with Crippen LogP contribution in [-0.2, 0) is 17.9 Å². The summed E-state index contributed by atoms with van der Waals surface area (Å²) in [5, 5.41) is 8.79. The average molecular weight is 546 g/mol. The van der Waals surface area contributed by atoms with E-state index in [0.717, 1.165) is 27.7 Å². The van der Waals surface area contributed by atoms with Gasteiger partial charge in [0.15, 0.2) is 11.5 Å². The summed E-state index contributed by atoms with van der Waals surface area (Å²) in [5.41, 5.74) is 16.6. The van der Waals surface area contributed by atoms with Crippen LogP contribution >= 0.6 is 0 Å². The Hall–Kier alpha value is -5.37. The maximum atomic E-state index is 13.0. The molecular weight excluding hydrogens is 514 g/mol. The molecule has 0 bridgehead atoms. The van der Waals surface area contributed by atoms with Crippen LogP contribution in [0.15, 0.2) is 109 Å². The van der Waals surface area contributed by atoms with Crippen LogP contribution in [0, 0.1) is 5.41 Å². The number of primary amides is 1. The lowest BCUT2D eigenvalue weighted by Gasteiger charge is -2.32. The first-order chi connectivity index (χ1) is 19.9. The third kappa shape index (κ3) is 6.28. The molecule has 0 saturated heterocycles. The third-order valence-electron chi connectivity index (χ3n) is 6.85. The molecule has 1 unspecified atom stereocenters. The molecule has 1 atom stereocenters. The molecule has 41 heavy (non-hydrogen) atoms. The van der Waals surface area contributed by atoms with Crippen molar-refractivity contribution in [3.63, 3.8) is 0 Å². The van der Waals surface area contributed by atoms with E-state index in [2.05, 4.69) is 4.98 Å². The first-order valence-corrected chi connectivity index (χ1v) is 13.1. The molecule has 206 valence electrons. The van der Waals surface area contributed by atoms with E-state index in [0.29, 0.717) is 35.8 Å². The molecule has 0 radical (unpaired) electrons. The van der Waals surface area contributed by atoms with Gasteiger partial charge < -0.3 is 25.8 Å². The smallest absolute Gasteiger partial charge is 0.244 e. The number of anilines is 1. The van der Waals surface area contributed by atoms with Crippen LogP contribution in [0.1, 0.15) is 28.3 Å². The molecule has 0 aliphatic rings. The average Bonchev–Trinajstić information content (AvgIpc) is 3.00. The number of nitrogens with two attached hydrogens (primary N) is 2. The highest BCUT2D eigenvalue weighted by Crippen LogP contribution is 2.35. The van der Waals surface area contributed by atoms with Gasteiger partial charge in [-0.15, -0.1) is 0 Å². The maximum Gasteiger partial charge on any atom is 0.244 e. The minimum atomic E-state index is -0.812. The van der Waals surface area contributed by atoms with Crippen molar-refractivity contribution in [2.45, 2.75) is 19.2 Å². The molecular formula is C33H31N5O3. The molecule has 0 aliphatic heterocycles. The molecule has 5 rings (SSSR count). The SMILES string of the molecule is COc1cc(C(C(N)=O)N(Cc2ccccc2)c2ccc(C(=N)N)cc2)ccc1OCc1ccc2cccnc2c1. The molecule has 8 heteroatoms. The molecule has 4 aromatic carbocycles. The van der Waals surface area contributed by atoms with E-state index in [1.54, 1.807) is 37.6 Å². The summed E-state index contributed by atoms with van der Waals surface area (Å²) < 4.78 is 11.8. The summed E-state index contributed by atoms with van der Waals surface area (Å²) in [7, 11) is 1.56. The predicted molar refractivity (Wildman–Crippen MR) is 161 cm³/mol. The number of amidine groups is 1. The van der Waals surface area contributed by atoms with Crippen LogP contribution in [0.4, 0.5) is 5.69 Å². The molecule has 1 amide bonds. The lowest BCUT2D eigenvalue weighted by Crippen LogP contribution is -2.37. The normalized spacial score (nSPS) is 11.5. The molecule has 8 nitrogen and oxygen atoms in total. The monoisotopic (exact) mass is 545 g/mol. The zero-order valence-corrected chi connectivity index (χ0v) is 22.7. The van der Waals surface area contributed by atoms with E-state index in [-0.39, 0.29) is 5.84 Å². The second-order valence-corrected chi connectivity index (χ2v) is 9.61. The summed E-state index contributed by atoms with van der Waals surface area (Å²) in [6.45, 7) is 0.745. The van der Waals surface area contributed by atoms with Crippen LogP contribution in [0.2, 0.25) is 0 Å². The van der Waals surface area contributed by atoms with Crippen molar-refractivity contribution in [2.75, 3.05) is 12.0 Å². The summed E-state index contributed by atoms with van der Waals surface area (Å²) in [6.07, 6.45) is 1.77. The molecule has 1 aromatic heterocycles. The van der Waals surface area contributed by atoms with Gasteiger partial charge in [-0.3, -0.25) is 15.2 Å². The Bertz CT molecular complexity index is 1670. The number of hydrogen-bond donors (Lipinski definition) is 3. The van der Waals surface area contributed by atoms with Crippen molar-refractivity contribution < 1.29 is 14.3 Å². The van der Waals surface area contributed by atoms with Gasteiger partial charge in [0.25, 0.3) is 0 Å². The van der Waals surface area contributed by atoms with Gasteiger partial charge in [-0.05, 0) is 65.2 Å². The van der Waals surface area contributed by atoms with Crippen LogP contribution in [0.5, 0.6) is 11.5 Å². The zero-order valence-electron chi connectivity index (χ0n) is 22.7. The van der Waals surface area contributed by atoms with E-state index in [1.807, 2.05) is 83.8 Å². The van der Waals surface area contributed by atoms with E-state index < -0.39 is 11.9 Å². The molecule has 0 spiro atoms. The number of benzene rings is 4. The van der Waals surface area contributed by atoms with Crippen molar-refractivity contribution in [3.05, 3.63) is 132 Å². The Balaban J connectivity index is 1.45. The number of hydrogen-bond acceptors (Lipinski definition) is 6. The predicted octanol–water partition coefficient (Wildman–Crippen LogP) is 5.34. The van der Waals surface area contributed by atoms with Crippen molar-refractivity contribution in [1.82, 2.24) is 4.98 Å². The van der Waals surface area contributed by atoms with Crippen LogP contribution < -0.4 is 25.8 Å². The lowest BCUT2D eigenvalue weighted by molar-refractivity contribution is -0.119. The van der Waals surface area contributed by atoms with Crippen LogP contribution in [-0.4, -0.2) is 23.8 Å². The van der Waals surface area contributed by atoms with Crippen molar-refractivity contribution in [2.24, 2.45) is 11.5 Å². The van der Waals surface area contributed by atoms with Crippen LogP contribution in [0.3, 0.4) is 0 Å². The van der Waals surface area contributed by atoms with Gasteiger partial charge >= 0.3 is 0 Å². The highest BCUT2D eigenvalue weighted by atomic mass is 16.5. The number of methoxy groups -OCH3 is 1. The number of amides is 1. The number of nitrogen functional groups attached to an aromatic ring is 1. The Morgan fingerprint density at radius 2 is 1.66 bits per heavy atom. The van der Waals surface area contributed by atoms with Gasteiger partial charge in [-0.2, -0.15) is 0 Å². The zero-order chi connectivity index (χ0) is 28.8. The third-order valence-corrected chi connectivity index (χ3v) is 6.85. The maximum absolute atomic E-state index is 13.0. The Labute approximate surface area is 238 Å². The van der Waals surface area contributed by atoms with Gasteiger partial charge in [0, 0.05) is 29.4 Å². The van der Waals surface area contributed by atoms with E-state index >= 15 is 0 Å². The number of nitrogens with one attached hydrogen (secondary N) is 1. The molecule has 5 aromatic rings. The molecule has 1 heterocycles. The second-order valence-electron chi connectivity index (χ2n) is 9.61. The number of rotatable bonds is 11. The highest BCUT2D eigenvalue weighted by molar-refractivity contribution is 5.95. The number of carbonyl (C=O) groups is 1. The first-order valence-electron chi connectivity index (χ1n) is 13.1. The van der Waals surface area contributed by atoms with Gasteiger partial charge in [0.2, 0.25) is 5.91 Å². The number of pyridine rings is 1. The fraction of sp³-hybridized carbons (Fsp3) is 0.121. The topological polar surface area (TPSA) is 128 Å². The van der Waals surface area contributed by atoms with Crippen molar-refractivity contribution in [1.29, 1.82) is 5.41 Å². The highest BCUT2D eigenvalue weighted by Gasteiger charge is 2.28. The summed E-state index contributed by atoms with van der Waals surface area (Å²) in [5.74, 6) is 0.481. The Kier molecular flexibility index (Phi) is 8.10. The Morgan fingerprint density at radius 1 is 0.878 bits per heavy atom. The molecule has 0 saturated carbocycles. The second kappa shape index (κ2) is 12.2. The molecule has 5 N–H and O–H groups in total. The van der Waals surface area contributed by atoms with Gasteiger partial charge in [-0.25, -0.2) is 0 Å². The van der Waals surface area contributed by atoms with E-state index in [1.165, 1.54) is 0 Å². The standard InChI is InChI=1S/C33H31N5O3/c1-40-30-19-26(13-16-29(30)41-21-23-9-10-24-8-5-17-37-28(24)18-23)31(33(36)39)38(20-22-6-3-2-4-7-22)27-14-11-25(12-15-27)32(34)35/h2-19,31H,20-21H2,1H3,(H3,34,35)(H2,36,39). The number of carbonyl (C=O) groups excluding carboxylic acids is 1. The van der Waals surface area contributed by atoms with Gasteiger partial charge in [0.1, 0.15) is 18.5 Å². The van der Waals surface area contributed by atoms with Gasteiger partial charge in [0.05, 0.1) is 12.6 Å². The van der Waals surface area contributed by atoms with E-state index in [9.17, 15) is 4.79 Å². The fourth-order valence-electron chi connectivity index (χ4n) is 4.78. The lowest BCUT2D eigenvalue weighted by atomic mass is 10.0. The quantitative estimate of drug-likeness (QED) is 0.152. The molecule has 0 fully saturated rings.